The van der Waals surface area contributed by atoms with E-state index in [0.29, 0.717) is 100 Å². The second-order valence-electron chi connectivity index (χ2n) is 39.0. The summed E-state index contributed by atoms with van der Waals surface area (Å²) in [5, 5.41) is 60.1. The summed E-state index contributed by atoms with van der Waals surface area (Å²) in [6.45, 7) is 21.1. The molecule has 12 saturated carbocycles. The molecule has 6 heterocycles. The number of fused-ring (bicyclic) bond motifs is 18. The van der Waals surface area contributed by atoms with Gasteiger partial charge < -0.3 is 41.1 Å². The molecule has 0 aliphatic heterocycles. The van der Waals surface area contributed by atoms with Gasteiger partial charge in [-0.3, -0.25) is 48.6 Å². The first-order valence-corrected chi connectivity index (χ1v) is 42.9. The molecule has 112 heavy (non-hydrogen) atoms. The SMILES string of the molecule is CO[C@@H]1C[C@H]2[C@@H](CC[C@H]3C[C@](C)(O)CC[C@@]32C)[C@@H]2CC[C@H](C(=O)CBr)[C@@]12C.CO[C@@H]1C[C@H]2[C@@H](CC[C@H]3C[C@](C)(O)CC[C@@]32C)[C@@H]2CC[C@H](C(=O)Cn3cc4ccncc4n3)[C@@]12C.CO[C@@H]1C[C@H]2[C@@H](CC[C@H]3C[C@](C)(O)CC[C@@]32C)[C@@H]2CC[C@H](C(=O)Cn3ncc4ccncc43)[C@@]12C.O=CO[O-].[H-].[K+].[K+].c1cc2cn[nH]c2cn1. The third kappa shape index (κ3) is 16.3. The summed E-state index contributed by atoms with van der Waals surface area (Å²) < 4.78 is 22.3. The van der Waals surface area contributed by atoms with Gasteiger partial charge in [0.25, 0.3) is 6.47 Å². The molecule has 0 amide bonds. The Morgan fingerprint density at radius 3 is 1.34 bits per heavy atom. The number of alkyl halides is 1. The summed E-state index contributed by atoms with van der Waals surface area (Å²) in [6, 6.07) is 5.80. The molecular formula is C88H126BrK2N9O12. The number of halogens is 1. The number of hydrogen-bond acceptors (Lipinski definition) is 18. The van der Waals surface area contributed by atoms with Gasteiger partial charge in [-0.25, -0.2) is 0 Å². The van der Waals surface area contributed by atoms with E-state index in [1.54, 1.807) is 48.1 Å². The van der Waals surface area contributed by atoms with Crippen molar-refractivity contribution in [1.82, 2.24) is 44.7 Å². The fourth-order valence-corrected chi connectivity index (χ4v) is 28.6. The Labute approximate surface area is 758 Å². The van der Waals surface area contributed by atoms with E-state index in [4.69, 9.17) is 24.3 Å². The molecule has 604 valence electrons. The van der Waals surface area contributed by atoms with E-state index in [0.717, 1.165) is 148 Å². The third-order valence-corrected chi connectivity index (χ3v) is 34.5. The normalized spacial score (nSPS) is 42.4. The molecule has 12 aliphatic carbocycles. The van der Waals surface area contributed by atoms with Crippen molar-refractivity contribution < 1.29 is 163 Å². The van der Waals surface area contributed by atoms with Crippen LogP contribution in [0.3, 0.4) is 0 Å². The Morgan fingerprint density at radius 2 is 0.929 bits per heavy atom. The largest absolute Gasteiger partial charge is 1.00 e. The summed E-state index contributed by atoms with van der Waals surface area (Å²) in [5.74, 6) is 8.55. The predicted molar refractivity (Wildman–Crippen MR) is 422 cm³/mol. The van der Waals surface area contributed by atoms with Gasteiger partial charge >= 0.3 is 103 Å². The van der Waals surface area contributed by atoms with Crippen LogP contribution in [0.2, 0.25) is 0 Å². The fraction of sp³-hybridized carbons (Fsp3) is 0.750. The first-order chi connectivity index (χ1) is 52.4. The summed E-state index contributed by atoms with van der Waals surface area (Å²) in [5.41, 5.74) is 1.83. The van der Waals surface area contributed by atoms with Crippen LogP contribution in [0.5, 0.6) is 0 Å². The molecular weight excluding hydrogens is 1530 g/mol. The van der Waals surface area contributed by atoms with Crippen LogP contribution >= 0.6 is 15.9 Å². The number of methoxy groups -OCH3 is 3. The summed E-state index contributed by atoms with van der Waals surface area (Å²) in [4.78, 5) is 63.9. The zero-order valence-electron chi connectivity index (χ0n) is 70.5. The minimum absolute atomic E-state index is 0. The molecule has 12 aliphatic rings. The minimum atomic E-state index is -0.516. The first-order valence-electron chi connectivity index (χ1n) is 41.8. The third-order valence-electron chi connectivity index (χ3n) is 33.9. The van der Waals surface area contributed by atoms with Crippen LogP contribution in [0.25, 0.3) is 32.7 Å². The maximum atomic E-state index is 13.8. The molecule has 0 spiro atoms. The minimum Gasteiger partial charge on any atom is -1.00 e. The van der Waals surface area contributed by atoms with Gasteiger partial charge in [0.15, 0.2) is 11.6 Å². The first kappa shape index (κ1) is 89.1. The molecule has 0 unspecified atom stereocenters. The summed E-state index contributed by atoms with van der Waals surface area (Å²) >= 11 is 3.43. The number of aromatic amines is 1. The van der Waals surface area contributed by atoms with Crippen molar-refractivity contribution in [2.45, 2.75) is 265 Å². The van der Waals surface area contributed by atoms with Crippen molar-refractivity contribution in [1.29, 1.82) is 0 Å². The van der Waals surface area contributed by atoms with Gasteiger partial charge in [-0.05, 0) is 280 Å². The van der Waals surface area contributed by atoms with Crippen LogP contribution < -0.4 is 108 Å². The summed E-state index contributed by atoms with van der Waals surface area (Å²) in [7, 11) is 5.57. The Balaban J connectivity index is 0.000000154. The van der Waals surface area contributed by atoms with Crippen LogP contribution in [0, 0.1) is 121 Å². The Morgan fingerprint density at radius 1 is 0.527 bits per heavy atom. The number of ether oxygens (including phenoxy) is 3. The molecule has 21 nitrogen and oxygen atoms in total. The number of nitrogens with zero attached hydrogens (tertiary/aromatic N) is 8. The number of rotatable bonds is 12. The van der Waals surface area contributed by atoms with E-state index >= 15 is 0 Å². The number of pyridine rings is 3. The van der Waals surface area contributed by atoms with Gasteiger partial charge in [0.05, 0.1) is 89.0 Å². The maximum absolute atomic E-state index is 13.8. The van der Waals surface area contributed by atoms with E-state index in [2.05, 4.69) is 97.7 Å². The molecule has 18 rings (SSSR count). The van der Waals surface area contributed by atoms with E-state index < -0.39 is 16.8 Å². The molecule has 6 aromatic heterocycles. The van der Waals surface area contributed by atoms with Gasteiger partial charge in [0.2, 0.25) is 0 Å². The molecule has 4 N–H and O–H groups in total. The molecule has 0 aromatic carbocycles. The second-order valence-corrected chi connectivity index (χ2v) is 39.6. The monoisotopic (exact) mass is 1660 g/mol. The molecule has 0 saturated heterocycles. The molecule has 0 bridgehead atoms. The Hall–Kier alpha value is -2.19. The van der Waals surface area contributed by atoms with E-state index in [1.807, 2.05) is 77.4 Å². The van der Waals surface area contributed by atoms with E-state index in [1.165, 1.54) is 44.9 Å². The molecule has 27 atom stereocenters. The van der Waals surface area contributed by atoms with Crippen LogP contribution in [0.1, 0.15) is 218 Å². The fourth-order valence-electron chi connectivity index (χ4n) is 28.2. The number of Topliss-reactive ketones (excluding diaryl/α,β-unsaturated/α-hetero) is 3. The van der Waals surface area contributed by atoms with Crippen molar-refractivity contribution in [3.63, 3.8) is 0 Å². The number of hydrogen-bond donors (Lipinski definition) is 4. The number of carbonyl (C=O) groups is 4. The van der Waals surface area contributed by atoms with Crippen molar-refractivity contribution in [3.05, 3.63) is 74.0 Å². The van der Waals surface area contributed by atoms with E-state index in [9.17, 15) is 29.7 Å². The quantitative estimate of drug-likeness (QED) is 0.0293. The van der Waals surface area contributed by atoms with Gasteiger partial charge in [0.1, 0.15) is 17.8 Å². The van der Waals surface area contributed by atoms with Crippen LogP contribution in [0.15, 0.2) is 74.0 Å². The maximum Gasteiger partial charge on any atom is 1.00 e. The standard InChI is InChI=1S/2C29H41N3O3.C23H37BrO3.C6H5N3.CH2O3.2K.H/c1-27(34)10-11-28(2)19(14-27)5-6-20-21-7-8-22(29(21,3)26(35-4)13-23(20)28)25(33)17-32-16-18-9-12-30-15-24(18)31-32;1-27(34)10-11-28(2)19(14-27)5-6-20-21-7-8-22(29(21,3)26(35-4)13-23(20)28)25(33)17-32-24-16-30-12-9-18(24)15-31-32;1-21(26)9-10-22(2)14(12-21)5-6-15-16-7-8-17(19(25)13-24)23(16,3)20(27-4)11-18(15)22;1-2-7-4-6-5(1)3-8-9-6;2-1-4-3;;;/h2*9,12,15-16,19-23,26,34H,5-8,10-11,13-14,17H2,1-4H3;14-18,20,26H,5-13H2,1-4H3;1-4H,(H,8,9);1,3H;;;/q;;;;;2*+1;-1/p-1/t2*19-,20-,21-,22+,23-,26+,27+,28-,29-;14-,15-,16-,17+,18-,20+,21+,22-,23-;;;;;/m000...../s1. The van der Waals surface area contributed by atoms with E-state index in [-0.39, 0.29) is 180 Å². The molecule has 12 fully saturated rings. The molecule has 6 aromatic rings. The van der Waals surface area contributed by atoms with Crippen molar-refractivity contribution in [3.8, 4) is 0 Å². The van der Waals surface area contributed by atoms with Gasteiger partial charge in [-0.1, -0.05) is 57.5 Å². The average molecular weight is 1660 g/mol. The van der Waals surface area contributed by atoms with Crippen molar-refractivity contribution >= 4 is 72.5 Å². The van der Waals surface area contributed by atoms with Crippen LogP contribution in [0.4, 0.5) is 0 Å². The van der Waals surface area contributed by atoms with Crippen LogP contribution in [-0.4, -0.2) is 146 Å². The van der Waals surface area contributed by atoms with Crippen molar-refractivity contribution in [2.75, 3.05) is 26.7 Å². The van der Waals surface area contributed by atoms with Gasteiger partial charge in [0, 0.05) is 96.3 Å². The predicted octanol–water partition coefficient (Wildman–Crippen LogP) is 8.57. The number of aromatic nitrogens is 9. The smallest absolute Gasteiger partial charge is 1.00 e. The number of H-pyrrole nitrogens is 1. The zero-order valence-corrected chi connectivity index (χ0v) is 77.3. The van der Waals surface area contributed by atoms with Crippen molar-refractivity contribution in [2.24, 2.45) is 121 Å². The Bertz CT molecular complexity index is 4210. The van der Waals surface area contributed by atoms with Crippen LogP contribution in [-0.2, 0) is 51.4 Å². The zero-order chi connectivity index (χ0) is 78.3. The average Bonchev–Trinajstić information content (AvgIpc) is 1.66. The topological polar surface area (TPSA) is 292 Å². The molecule has 24 heteroatoms. The number of aliphatic hydroxyl groups is 3. The summed E-state index contributed by atoms with van der Waals surface area (Å²) in [6.07, 6.45) is 42.4. The second kappa shape index (κ2) is 35.1. The Kier molecular flexibility index (Phi) is 27.9. The van der Waals surface area contributed by atoms with Gasteiger partial charge in [-0.15, -0.1) is 0 Å². The number of carbonyl (C=O) groups excluding carboxylic acids is 4. The van der Waals surface area contributed by atoms with Gasteiger partial charge in [-0.2, -0.15) is 15.3 Å². The molecule has 0 radical (unpaired) electrons. The number of ketones is 3. The number of nitrogens with one attached hydrogen (secondary N) is 1.